The molecule has 1 N–H and O–H groups in total. The van der Waals surface area contributed by atoms with E-state index in [4.69, 9.17) is 4.98 Å². The standard InChI is InChI=1S/C15H25N3S/c1-11-8-18(9-14-17-12(2)13(3)19-14)15(10-16-11)6-4-5-7-15/h11,16H,4-10H2,1-3H3. The molecule has 1 aromatic rings. The van der Waals surface area contributed by atoms with Crippen molar-refractivity contribution in [2.75, 3.05) is 13.1 Å². The fourth-order valence-corrected chi connectivity index (χ4v) is 4.54. The van der Waals surface area contributed by atoms with E-state index in [2.05, 4.69) is 31.0 Å². The van der Waals surface area contributed by atoms with Gasteiger partial charge in [0.05, 0.1) is 12.2 Å². The van der Waals surface area contributed by atoms with Crippen LogP contribution in [0.1, 0.15) is 48.2 Å². The molecule has 3 nitrogen and oxygen atoms in total. The van der Waals surface area contributed by atoms with Crippen molar-refractivity contribution >= 4 is 11.3 Å². The molecule has 1 aliphatic carbocycles. The minimum absolute atomic E-state index is 0.417. The van der Waals surface area contributed by atoms with Gasteiger partial charge in [0.2, 0.25) is 0 Å². The second kappa shape index (κ2) is 5.15. The lowest BCUT2D eigenvalue weighted by Crippen LogP contribution is -2.62. The Labute approximate surface area is 120 Å². The zero-order chi connectivity index (χ0) is 13.5. The molecule has 1 aliphatic heterocycles. The van der Waals surface area contributed by atoms with Crippen LogP contribution in [0.15, 0.2) is 0 Å². The molecule has 2 aliphatic rings. The van der Waals surface area contributed by atoms with Gasteiger partial charge in [0, 0.05) is 29.5 Å². The summed E-state index contributed by atoms with van der Waals surface area (Å²) >= 11 is 1.88. The Morgan fingerprint density at radius 2 is 2.11 bits per heavy atom. The van der Waals surface area contributed by atoms with Gasteiger partial charge in [0.15, 0.2) is 0 Å². The molecule has 1 unspecified atom stereocenters. The predicted octanol–water partition coefficient (Wildman–Crippen LogP) is 2.87. The summed E-state index contributed by atoms with van der Waals surface area (Å²) in [6.07, 6.45) is 5.50. The van der Waals surface area contributed by atoms with Gasteiger partial charge in [-0.1, -0.05) is 12.8 Å². The minimum Gasteiger partial charge on any atom is -0.311 e. The van der Waals surface area contributed by atoms with Gasteiger partial charge in [-0.3, -0.25) is 4.90 Å². The van der Waals surface area contributed by atoms with E-state index in [-0.39, 0.29) is 0 Å². The van der Waals surface area contributed by atoms with Crippen LogP contribution in [0.5, 0.6) is 0 Å². The molecule has 1 saturated heterocycles. The summed E-state index contributed by atoms with van der Waals surface area (Å²) in [5.74, 6) is 0. The molecule has 3 rings (SSSR count). The second-order valence-electron chi connectivity index (χ2n) is 6.34. The van der Waals surface area contributed by atoms with Crippen molar-refractivity contribution in [2.45, 2.75) is 64.6 Å². The maximum atomic E-state index is 4.74. The lowest BCUT2D eigenvalue weighted by molar-refractivity contribution is 0.0392. The Balaban J connectivity index is 1.79. The molecule has 106 valence electrons. The van der Waals surface area contributed by atoms with Crippen molar-refractivity contribution in [1.82, 2.24) is 15.2 Å². The van der Waals surface area contributed by atoms with Crippen LogP contribution in [0, 0.1) is 13.8 Å². The van der Waals surface area contributed by atoms with Crippen LogP contribution in [0.25, 0.3) is 0 Å². The maximum absolute atomic E-state index is 4.74. The van der Waals surface area contributed by atoms with Gasteiger partial charge >= 0.3 is 0 Å². The number of nitrogens with one attached hydrogen (secondary N) is 1. The molecule has 4 heteroatoms. The first-order chi connectivity index (χ1) is 9.09. The lowest BCUT2D eigenvalue weighted by atomic mass is 9.91. The van der Waals surface area contributed by atoms with Gasteiger partial charge in [-0.25, -0.2) is 4.98 Å². The Hall–Kier alpha value is -0.450. The van der Waals surface area contributed by atoms with Gasteiger partial charge < -0.3 is 5.32 Å². The first-order valence-corrected chi connectivity index (χ1v) is 8.32. The first-order valence-electron chi connectivity index (χ1n) is 7.50. The first kappa shape index (κ1) is 13.5. The molecule has 0 amide bonds. The molecule has 2 fully saturated rings. The van der Waals surface area contributed by atoms with E-state index in [0.29, 0.717) is 11.6 Å². The summed E-state index contributed by atoms with van der Waals surface area (Å²) < 4.78 is 0. The fourth-order valence-electron chi connectivity index (χ4n) is 3.59. The van der Waals surface area contributed by atoms with Crippen LogP contribution in [0.4, 0.5) is 0 Å². The van der Waals surface area contributed by atoms with E-state index < -0.39 is 0 Å². The number of hydrogen-bond acceptors (Lipinski definition) is 4. The van der Waals surface area contributed by atoms with Gasteiger partial charge in [-0.15, -0.1) is 11.3 Å². The number of piperazine rings is 1. The van der Waals surface area contributed by atoms with Crippen molar-refractivity contribution in [1.29, 1.82) is 0 Å². The molecule has 2 heterocycles. The average molecular weight is 279 g/mol. The van der Waals surface area contributed by atoms with Crippen molar-refractivity contribution in [3.8, 4) is 0 Å². The number of aromatic nitrogens is 1. The maximum Gasteiger partial charge on any atom is 0.107 e. The highest BCUT2D eigenvalue weighted by atomic mass is 32.1. The van der Waals surface area contributed by atoms with Crippen LogP contribution >= 0.6 is 11.3 Å². The number of thiazole rings is 1. The normalized spacial score (nSPS) is 27.2. The van der Waals surface area contributed by atoms with Crippen LogP contribution in [-0.4, -0.2) is 34.6 Å². The molecule has 1 saturated carbocycles. The summed E-state index contributed by atoms with van der Waals surface area (Å²) in [4.78, 5) is 8.84. The summed E-state index contributed by atoms with van der Waals surface area (Å²) in [5, 5.41) is 4.99. The fraction of sp³-hybridized carbons (Fsp3) is 0.800. The summed E-state index contributed by atoms with van der Waals surface area (Å²) in [6.45, 7) is 9.98. The molecule has 1 atom stereocenters. The van der Waals surface area contributed by atoms with Gasteiger partial charge in [0.1, 0.15) is 5.01 Å². The molecule has 19 heavy (non-hydrogen) atoms. The molecule has 0 radical (unpaired) electrons. The third kappa shape index (κ3) is 2.58. The summed E-state index contributed by atoms with van der Waals surface area (Å²) in [5.41, 5.74) is 1.63. The predicted molar refractivity (Wildman–Crippen MR) is 80.7 cm³/mol. The highest BCUT2D eigenvalue weighted by Gasteiger charge is 2.42. The van der Waals surface area contributed by atoms with E-state index in [9.17, 15) is 0 Å². The minimum atomic E-state index is 0.417. The molecule has 1 spiro atoms. The van der Waals surface area contributed by atoms with Crippen molar-refractivity contribution in [3.63, 3.8) is 0 Å². The number of nitrogens with zero attached hydrogens (tertiary/aromatic N) is 2. The number of rotatable bonds is 2. The topological polar surface area (TPSA) is 28.2 Å². The van der Waals surface area contributed by atoms with Crippen LogP contribution in [0.3, 0.4) is 0 Å². The summed E-state index contributed by atoms with van der Waals surface area (Å²) in [7, 11) is 0. The van der Waals surface area contributed by atoms with Crippen molar-refractivity contribution < 1.29 is 0 Å². The van der Waals surface area contributed by atoms with Gasteiger partial charge in [-0.2, -0.15) is 0 Å². The Morgan fingerprint density at radius 3 is 2.74 bits per heavy atom. The third-order valence-corrected chi connectivity index (χ3v) is 5.94. The zero-order valence-corrected chi connectivity index (χ0v) is 13.1. The molecular weight excluding hydrogens is 254 g/mol. The van der Waals surface area contributed by atoms with E-state index in [1.807, 2.05) is 11.3 Å². The molecule has 0 aromatic carbocycles. The quantitative estimate of drug-likeness (QED) is 0.902. The second-order valence-corrected chi connectivity index (χ2v) is 7.63. The van der Waals surface area contributed by atoms with E-state index in [0.717, 1.165) is 19.6 Å². The van der Waals surface area contributed by atoms with Gasteiger partial charge in [0.25, 0.3) is 0 Å². The molecule has 0 bridgehead atoms. The largest absolute Gasteiger partial charge is 0.311 e. The van der Waals surface area contributed by atoms with E-state index >= 15 is 0 Å². The Kier molecular flexibility index (Phi) is 3.67. The zero-order valence-electron chi connectivity index (χ0n) is 12.3. The number of hydrogen-bond donors (Lipinski definition) is 1. The van der Waals surface area contributed by atoms with Crippen LogP contribution in [0.2, 0.25) is 0 Å². The Bertz CT molecular complexity index is 429. The van der Waals surface area contributed by atoms with E-state index in [1.165, 1.54) is 41.3 Å². The average Bonchev–Trinajstić information content (AvgIpc) is 2.94. The SMILES string of the molecule is Cc1nc(CN2CC(C)NCC23CCCC3)sc1C. The molecule has 1 aromatic heterocycles. The monoisotopic (exact) mass is 279 g/mol. The van der Waals surface area contributed by atoms with Crippen molar-refractivity contribution in [3.05, 3.63) is 15.6 Å². The third-order valence-electron chi connectivity index (χ3n) is 4.88. The highest BCUT2D eigenvalue weighted by molar-refractivity contribution is 7.11. The van der Waals surface area contributed by atoms with E-state index in [1.54, 1.807) is 0 Å². The Morgan fingerprint density at radius 1 is 1.37 bits per heavy atom. The van der Waals surface area contributed by atoms with Crippen LogP contribution in [-0.2, 0) is 6.54 Å². The molecular formula is C15H25N3S. The van der Waals surface area contributed by atoms with Gasteiger partial charge in [-0.05, 0) is 33.6 Å². The lowest BCUT2D eigenvalue weighted by Gasteiger charge is -2.47. The smallest absolute Gasteiger partial charge is 0.107 e. The number of aryl methyl sites for hydroxylation is 2. The van der Waals surface area contributed by atoms with Crippen molar-refractivity contribution in [2.24, 2.45) is 0 Å². The van der Waals surface area contributed by atoms with Crippen LogP contribution < -0.4 is 5.32 Å². The summed E-state index contributed by atoms with van der Waals surface area (Å²) in [6, 6.07) is 0.605. The highest BCUT2D eigenvalue weighted by Crippen LogP contribution is 2.38.